The first-order valence-electron chi connectivity index (χ1n) is 4.19. The standard InChI is InChI=1S/C10H13NOS/c1-2-3-5-11-7-10(12)9-4-6-13-8-9/h1,4,6,8,10-12H,3,5,7H2. The van der Waals surface area contributed by atoms with Gasteiger partial charge in [-0.05, 0) is 22.4 Å². The summed E-state index contributed by atoms with van der Waals surface area (Å²) in [6.45, 7) is 1.33. The highest BCUT2D eigenvalue weighted by molar-refractivity contribution is 7.07. The molecule has 13 heavy (non-hydrogen) atoms. The third-order valence-corrected chi connectivity index (χ3v) is 2.41. The smallest absolute Gasteiger partial charge is 0.0922 e. The van der Waals surface area contributed by atoms with E-state index in [-0.39, 0.29) is 0 Å². The highest BCUT2D eigenvalue weighted by Gasteiger charge is 2.05. The zero-order valence-corrected chi connectivity index (χ0v) is 8.18. The van der Waals surface area contributed by atoms with Gasteiger partial charge in [0, 0.05) is 19.5 Å². The molecule has 0 aromatic carbocycles. The summed E-state index contributed by atoms with van der Waals surface area (Å²) in [6.07, 6.45) is 5.38. The maximum Gasteiger partial charge on any atom is 0.0922 e. The van der Waals surface area contributed by atoms with Crippen LogP contribution < -0.4 is 5.32 Å². The lowest BCUT2D eigenvalue weighted by atomic mass is 10.2. The fourth-order valence-corrected chi connectivity index (χ4v) is 1.69. The summed E-state index contributed by atoms with van der Waals surface area (Å²) < 4.78 is 0. The number of thiophene rings is 1. The highest BCUT2D eigenvalue weighted by Crippen LogP contribution is 2.14. The molecule has 1 rings (SSSR count). The van der Waals surface area contributed by atoms with E-state index in [1.165, 1.54) is 0 Å². The van der Waals surface area contributed by atoms with E-state index in [0.717, 1.165) is 12.1 Å². The Kier molecular flexibility index (Phi) is 4.55. The fourth-order valence-electron chi connectivity index (χ4n) is 0.982. The van der Waals surface area contributed by atoms with Gasteiger partial charge in [-0.15, -0.1) is 12.3 Å². The second-order valence-electron chi connectivity index (χ2n) is 2.73. The first-order chi connectivity index (χ1) is 6.34. The minimum atomic E-state index is -0.413. The van der Waals surface area contributed by atoms with E-state index in [9.17, 15) is 5.11 Å². The Morgan fingerprint density at radius 3 is 3.15 bits per heavy atom. The first-order valence-corrected chi connectivity index (χ1v) is 5.13. The van der Waals surface area contributed by atoms with Crippen LogP contribution in [0.15, 0.2) is 16.8 Å². The number of aliphatic hydroxyl groups excluding tert-OH is 1. The van der Waals surface area contributed by atoms with Gasteiger partial charge in [-0.25, -0.2) is 0 Å². The molecule has 0 aliphatic carbocycles. The molecule has 0 fully saturated rings. The van der Waals surface area contributed by atoms with Gasteiger partial charge in [0.05, 0.1) is 6.10 Å². The van der Waals surface area contributed by atoms with Crippen molar-refractivity contribution in [3.63, 3.8) is 0 Å². The van der Waals surface area contributed by atoms with Crippen molar-refractivity contribution >= 4 is 11.3 Å². The SMILES string of the molecule is C#CCCNCC(O)c1ccsc1. The minimum Gasteiger partial charge on any atom is -0.387 e. The lowest BCUT2D eigenvalue weighted by molar-refractivity contribution is 0.176. The molecule has 0 spiro atoms. The van der Waals surface area contributed by atoms with Crippen LogP contribution >= 0.6 is 11.3 Å². The Morgan fingerprint density at radius 2 is 2.54 bits per heavy atom. The van der Waals surface area contributed by atoms with Crippen molar-refractivity contribution in [2.24, 2.45) is 0 Å². The van der Waals surface area contributed by atoms with E-state index in [1.54, 1.807) is 11.3 Å². The number of aliphatic hydroxyl groups is 1. The average Bonchev–Trinajstić information content (AvgIpc) is 2.65. The molecule has 0 aliphatic heterocycles. The quantitative estimate of drug-likeness (QED) is 0.550. The molecule has 1 aromatic heterocycles. The molecule has 1 heterocycles. The molecule has 0 bridgehead atoms. The maximum absolute atomic E-state index is 9.60. The Hall–Kier alpha value is -0.820. The summed E-state index contributed by atoms with van der Waals surface area (Å²) >= 11 is 1.59. The summed E-state index contributed by atoms with van der Waals surface area (Å²) in [4.78, 5) is 0. The van der Waals surface area contributed by atoms with Crippen molar-refractivity contribution in [2.75, 3.05) is 13.1 Å². The van der Waals surface area contributed by atoms with E-state index in [2.05, 4.69) is 11.2 Å². The molecule has 2 N–H and O–H groups in total. The zero-order chi connectivity index (χ0) is 9.52. The van der Waals surface area contributed by atoms with Crippen molar-refractivity contribution in [1.29, 1.82) is 0 Å². The van der Waals surface area contributed by atoms with Crippen LogP contribution in [0.5, 0.6) is 0 Å². The van der Waals surface area contributed by atoms with Crippen LogP contribution in [-0.2, 0) is 0 Å². The summed E-state index contributed by atoms with van der Waals surface area (Å²) in [5, 5.41) is 16.6. The van der Waals surface area contributed by atoms with E-state index >= 15 is 0 Å². The molecule has 1 aromatic rings. The molecule has 0 amide bonds. The van der Waals surface area contributed by atoms with E-state index < -0.39 is 6.10 Å². The molecular formula is C10H13NOS. The number of nitrogens with one attached hydrogen (secondary N) is 1. The minimum absolute atomic E-state index is 0.413. The van der Waals surface area contributed by atoms with E-state index in [0.29, 0.717) is 13.0 Å². The lowest BCUT2D eigenvalue weighted by Crippen LogP contribution is -2.21. The van der Waals surface area contributed by atoms with Gasteiger partial charge in [0.1, 0.15) is 0 Å². The van der Waals surface area contributed by atoms with Crippen LogP contribution in [0.2, 0.25) is 0 Å². The highest BCUT2D eigenvalue weighted by atomic mass is 32.1. The van der Waals surface area contributed by atoms with Crippen molar-refractivity contribution in [3.8, 4) is 12.3 Å². The average molecular weight is 195 g/mol. The van der Waals surface area contributed by atoms with Crippen LogP contribution in [-0.4, -0.2) is 18.2 Å². The van der Waals surface area contributed by atoms with E-state index in [4.69, 9.17) is 6.42 Å². The second kappa shape index (κ2) is 5.76. The van der Waals surface area contributed by atoms with Crippen LogP contribution in [0, 0.1) is 12.3 Å². The summed E-state index contributed by atoms with van der Waals surface area (Å²) in [5.74, 6) is 2.53. The van der Waals surface area contributed by atoms with Gasteiger partial charge in [-0.1, -0.05) is 0 Å². The molecule has 0 saturated heterocycles. The molecule has 1 atom stereocenters. The molecular weight excluding hydrogens is 182 g/mol. The number of hydrogen-bond acceptors (Lipinski definition) is 3. The summed E-state index contributed by atoms with van der Waals surface area (Å²) in [7, 11) is 0. The molecule has 70 valence electrons. The zero-order valence-electron chi connectivity index (χ0n) is 7.36. The Balaban J connectivity index is 2.19. The van der Waals surface area contributed by atoms with Crippen molar-refractivity contribution in [1.82, 2.24) is 5.32 Å². The van der Waals surface area contributed by atoms with Gasteiger partial charge < -0.3 is 10.4 Å². The molecule has 1 unspecified atom stereocenters. The van der Waals surface area contributed by atoms with Crippen LogP contribution in [0.4, 0.5) is 0 Å². The predicted octanol–water partition coefficient (Wildman–Crippen LogP) is 1.39. The third-order valence-electron chi connectivity index (χ3n) is 1.71. The van der Waals surface area contributed by atoms with Crippen molar-refractivity contribution in [2.45, 2.75) is 12.5 Å². The van der Waals surface area contributed by atoms with Crippen LogP contribution in [0.25, 0.3) is 0 Å². The maximum atomic E-state index is 9.60. The predicted molar refractivity (Wildman–Crippen MR) is 55.6 cm³/mol. The van der Waals surface area contributed by atoms with Crippen molar-refractivity contribution < 1.29 is 5.11 Å². The lowest BCUT2D eigenvalue weighted by Gasteiger charge is -2.08. The molecule has 2 nitrogen and oxygen atoms in total. The summed E-state index contributed by atoms with van der Waals surface area (Å²) in [5.41, 5.74) is 0.971. The normalized spacial score (nSPS) is 12.3. The van der Waals surface area contributed by atoms with Gasteiger partial charge in [0.2, 0.25) is 0 Å². The topological polar surface area (TPSA) is 32.3 Å². The second-order valence-corrected chi connectivity index (χ2v) is 3.51. The van der Waals surface area contributed by atoms with Gasteiger partial charge in [-0.2, -0.15) is 11.3 Å². The largest absolute Gasteiger partial charge is 0.387 e. The van der Waals surface area contributed by atoms with Crippen molar-refractivity contribution in [3.05, 3.63) is 22.4 Å². The van der Waals surface area contributed by atoms with Gasteiger partial charge in [0.15, 0.2) is 0 Å². The number of hydrogen-bond donors (Lipinski definition) is 2. The van der Waals surface area contributed by atoms with Gasteiger partial charge in [0.25, 0.3) is 0 Å². The van der Waals surface area contributed by atoms with Crippen LogP contribution in [0.3, 0.4) is 0 Å². The van der Waals surface area contributed by atoms with Crippen LogP contribution in [0.1, 0.15) is 18.1 Å². The molecule has 0 radical (unpaired) electrons. The number of terminal acetylenes is 1. The first kappa shape index (κ1) is 10.3. The fraction of sp³-hybridized carbons (Fsp3) is 0.400. The Bertz CT molecular complexity index is 263. The van der Waals surface area contributed by atoms with Gasteiger partial charge >= 0.3 is 0 Å². The molecule has 3 heteroatoms. The van der Waals surface area contributed by atoms with Gasteiger partial charge in [-0.3, -0.25) is 0 Å². The Morgan fingerprint density at radius 1 is 1.69 bits per heavy atom. The number of rotatable bonds is 5. The summed E-state index contributed by atoms with van der Waals surface area (Å²) in [6, 6.07) is 1.93. The van der Waals surface area contributed by atoms with E-state index in [1.807, 2.05) is 16.8 Å². The third kappa shape index (κ3) is 3.60. The monoisotopic (exact) mass is 195 g/mol. The molecule has 0 aliphatic rings. The molecule has 0 saturated carbocycles. The Labute approximate surface area is 82.6 Å².